The molecule has 3 atom stereocenters. The van der Waals surface area contributed by atoms with E-state index in [4.69, 9.17) is 9.47 Å². The highest BCUT2D eigenvalue weighted by Gasteiger charge is 2.27. The summed E-state index contributed by atoms with van der Waals surface area (Å²) in [6, 6.07) is 8.48. The van der Waals surface area contributed by atoms with E-state index in [1.807, 2.05) is 36.6 Å². The lowest BCUT2D eigenvalue weighted by Crippen LogP contribution is -2.52. The fraction of sp³-hybridized carbons (Fsp3) is 0.619. The Labute approximate surface area is 177 Å². The van der Waals surface area contributed by atoms with Gasteiger partial charge in [-0.25, -0.2) is 4.79 Å². The molecule has 0 saturated heterocycles. The van der Waals surface area contributed by atoms with Crippen LogP contribution in [0.3, 0.4) is 0 Å². The highest BCUT2D eigenvalue weighted by atomic mass is 32.2. The topological polar surface area (TPSA) is 96.9 Å². The second-order valence-electron chi connectivity index (χ2n) is 7.78. The van der Waals surface area contributed by atoms with Gasteiger partial charge in [-0.3, -0.25) is 4.79 Å². The number of hydrogen-bond acceptors (Lipinski definition) is 7. The molecule has 1 amide bonds. The van der Waals surface area contributed by atoms with E-state index >= 15 is 0 Å². The molecule has 0 aliphatic heterocycles. The number of alkyl carbamates (subject to hydrolysis) is 1. The second-order valence-corrected chi connectivity index (χ2v) is 8.76. The molecule has 7 nitrogen and oxygen atoms in total. The number of carbonyl (C=O) groups is 2. The number of thioether (sulfide) groups is 1. The van der Waals surface area contributed by atoms with Crippen molar-refractivity contribution in [2.45, 2.75) is 57.4 Å². The minimum atomic E-state index is -0.927. The number of aliphatic hydroxyl groups is 1. The zero-order valence-electron chi connectivity index (χ0n) is 17.9. The van der Waals surface area contributed by atoms with Crippen molar-refractivity contribution in [1.82, 2.24) is 10.6 Å². The summed E-state index contributed by atoms with van der Waals surface area (Å²) in [5, 5.41) is 16.6. The predicted octanol–water partition coefficient (Wildman–Crippen LogP) is 2.37. The normalized spacial score (nSPS) is 14.6. The number of ether oxygens (including phenoxy) is 2. The van der Waals surface area contributed by atoms with Crippen LogP contribution in [-0.4, -0.2) is 66.6 Å². The molecule has 29 heavy (non-hydrogen) atoms. The van der Waals surface area contributed by atoms with Crippen molar-refractivity contribution in [3.05, 3.63) is 35.9 Å². The third-order valence-electron chi connectivity index (χ3n) is 4.13. The second kappa shape index (κ2) is 12.7. The molecule has 0 aromatic heterocycles. The van der Waals surface area contributed by atoms with E-state index in [1.165, 1.54) is 7.11 Å². The monoisotopic (exact) mass is 426 g/mol. The molecule has 0 heterocycles. The Balaban J connectivity index is 2.80. The number of hydrogen-bond donors (Lipinski definition) is 3. The van der Waals surface area contributed by atoms with Crippen molar-refractivity contribution in [3.8, 4) is 0 Å². The first-order chi connectivity index (χ1) is 13.7. The Bertz CT molecular complexity index is 621. The number of benzene rings is 1. The molecule has 0 fully saturated rings. The van der Waals surface area contributed by atoms with Crippen molar-refractivity contribution in [3.63, 3.8) is 0 Å². The van der Waals surface area contributed by atoms with Crippen LogP contribution in [0.5, 0.6) is 0 Å². The standard InChI is InChI=1S/C21H34N2O5S/c1-21(2,3)28-20(26)23-17(13-15-9-7-6-8-10-15)18(24)14-22-16(11-12-29-5)19(25)27-4/h6-10,16-18,22,24H,11-14H2,1-5H3,(H,23,26)/t16-,17-,18-/m0/s1. The van der Waals surface area contributed by atoms with Gasteiger partial charge >= 0.3 is 12.1 Å². The molecule has 0 aliphatic carbocycles. The van der Waals surface area contributed by atoms with Crippen LogP contribution < -0.4 is 10.6 Å². The van der Waals surface area contributed by atoms with E-state index in [0.29, 0.717) is 12.8 Å². The summed E-state index contributed by atoms with van der Waals surface area (Å²) in [6.45, 7) is 5.47. The molecule has 0 aliphatic rings. The Hall–Kier alpha value is -1.77. The number of nitrogens with one attached hydrogen (secondary N) is 2. The summed E-state index contributed by atoms with van der Waals surface area (Å²) in [5.41, 5.74) is 0.331. The van der Waals surface area contributed by atoms with Crippen LogP contribution in [0.15, 0.2) is 30.3 Å². The first kappa shape index (κ1) is 25.3. The molecule has 0 bridgehead atoms. The number of aliphatic hydroxyl groups excluding tert-OH is 1. The average molecular weight is 427 g/mol. The van der Waals surface area contributed by atoms with Crippen molar-refractivity contribution in [2.75, 3.05) is 25.7 Å². The van der Waals surface area contributed by atoms with Gasteiger partial charge in [-0.2, -0.15) is 11.8 Å². The van der Waals surface area contributed by atoms with Gasteiger partial charge in [0.2, 0.25) is 0 Å². The van der Waals surface area contributed by atoms with Crippen LogP contribution >= 0.6 is 11.8 Å². The minimum Gasteiger partial charge on any atom is -0.468 e. The van der Waals surface area contributed by atoms with E-state index in [-0.39, 0.29) is 12.5 Å². The van der Waals surface area contributed by atoms with Crippen LogP contribution in [0.25, 0.3) is 0 Å². The Morgan fingerprint density at radius 2 is 1.86 bits per heavy atom. The van der Waals surface area contributed by atoms with Crippen LogP contribution in [0.4, 0.5) is 4.79 Å². The lowest BCUT2D eigenvalue weighted by Gasteiger charge is -2.28. The zero-order chi connectivity index (χ0) is 21.9. The summed E-state index contributed by atoms with van der Waals surface area (Å²) >= 11 is 1.63. The van der Waals surface area contributed by atoms with Crippen LogP contribution in [0.2, 0.25) is 0 Å². The minimum absolute atomic E-state index is 0.126. The molecule has 1 aromatic carbocycles. The van der Waals surface area contributed by atoms with E-state index in [0.717, 1.165) is 11.3 Å². The molecule has 0 unspecified atom stereocenters. The maximum atomic E-state index is 12.3. The zero-order valence-corrected chi connectivity index (χ0v) is 18.8. The van der Waals surface area contributed by atoms with Gasteiger partial charge in [0.05, 0.1) is 19.3 Å². The Morgan fingerprint density at radius 3 is 2.41 bits per heavy atom. The van der Waals surface area contributed by atoms with Crippen LogP contribution in [0, 0.1) is 0 Å². The van der Waals surface area contributed by atoms with Gasteiger partial charge < -0.3 is 25.2 Å². The first-order valence-electron chi connectivity index (χ1n) is 9.68. The summed E-state index contributed by atoms with van der Waals surface area (Å²) in [5.74, 6) is 0.415. The number of rotatable bonds is 11. The summed E-state index contributed by atoms with van der Waals surface area (Å²) < 4.78 is 10.2. The molecular weight excluding hydrogens is 392 g/mol. The van der Waals surface area contributed by atoms with E-state index < -0.39 is 29.9 Å². The highest BCUT2D eigenvalue weighted by molar-refractivity contribution is 7.98. The van der Waals surface area contributed by atoms with Gasteiger partial charge in [0.1, 0.15) is 11.6 Å². The first-order valence-corrected chi connectivity index (χ1v) is 11.1. The maximum Gasteiger partial charge on any atom is 0.407 e. The van der Waals surface area contributed by atoms with Crippen molar-refractivity contribution >= 4 is 23.8 Å². The van der Waals surface area contributed by atoms with E-state index in [2.05, 4.69) is 10.6 Å². The number of amides is 1. The van der Waals surface area contributed by atoms with Crippen LogP contribution in [0.1, 0.15) is 32.8 Å². The number of esters is 1. The third-order valence-corrected chi connectivity index (χ3v) is 4.78. The third kappa shape index (κ3) is 10.5. The van der Waals surface area contributed by atoms with Gasteiger partial charge in [0.25, 0.3) is 0 Å². The summed E-state index contributed by atoms with van der Waals surface area (Å²) in [6.07, 6.45) is 1.46. The lowest BCUT2D eigenvalue weighted by atomic mass is 10.0. The molecule has 3 N–H and O–H groups in total. The molecule has 0 saturated carbocycles. The Morgan fingerprint density at radius 1 is 1.21 bits per heavy atom. The van der Waals surface area contributed by atoms with Crippen molar-refractivity contribution in [2.24, 2.45) is 0 Å². The molecule has 0 spiro atoms. The van der Waals surface area contributed by atoms with Gasteiger partial charge in [-0.1, -0.05) is 30.3 Å². The molecule has 8 heteroatoms. The molecular formula is C21H34N2O5S. The smallest absolute Gasteiger partial charge is 0.407 e. The molecule has 164 valence electrons. The van der Waals surface area contributed by atoms with Crippen molar-refractivity contribution < 1.29 is 24.2 Å². The number of methoxy groups -OCH3 is 1. The SMILES string of the molecule is COC(=O)[C@H](CCSC)NC[C@H](O)[C@H](Cc1ccccc1)NC(=O)OC(C)(C)C. The Kier molecular flexibility index (Phi) is 11.1. The summed E-state index contributed by atoms with van der Waals surface area (Å²) in [4.78, 5) is 24.2. The van der Waals surface area contributed by atoms with Gasteiger partial charge in [-0.05, 0) is 51.2 Å². The molecule has 0 radical (unpaired) electrons. The lowest BCUT2D eigenvalue weighted by molar-refractivity contribution is -0.143. The molecule has 1 rings (SSSR count). The average Bonchev–Trinajstić information content (AvgIpc) is 2.66. The fourth-order valence-electron chi connectivity index (χ4n) is 2.70. The predicted molar refractivity (Wildman–Crippen MR) is 116 cm³/mol. The highest BCUT2D eigenvalue weighted by Crippen LogP contribution is 2.11. The van der Waals surface area contributed by atoms with Gasteiger partial charge in [0, 0.05) is 6.54 Å². The largest absolute Gasteiger partial charge is 0.468 e. The van der Waals surface area contributed by atoms with Gasteiger partial charge in [-0.15, -0.1) is 0 Å². The van der Waals surface area contributed by atoms with Crippen LogP contribution in [-0.2, 0) is 20.7 Å². The van der Waals surface area contributed by atoms with E-state index in [1.54, 1.807) is 32.5 Å². The molecule has 1 aromatic rings. The van der Waals surface area contributed by atoms with Crippen molar-refractivity contribution in [1.29, 1.82) is 0 Å². The summed E-state index contributed by atoms with van der Waals surface area (Å²) in [7, 11) is 1.34. The quantitative estimate of drug-likeness (QED) is 0.468. The van der Waals surface area contributed by atoms with Gasteiger partial charge in [0.15, 0.2) is 0 Å². The maximum absolute atomic E-state index is 12.3. The fourth-order valence-corrected chi connectivity index (χ4v) is 3.17. The number of carbonyl (C=O) groups excluding carboxylic acids is 2. The van der Waals surface area contributed by atoms with E-state index in [9.17, 15) is 14.7 Å².